The fraction of sp³-hybridized carbons (Fsp3) is 0.455. The van der Waals surface area contributed by atoms with Crippen LogP contribution >= 0.6 is 0 Å². The molecule has 0 aromatic carbocycles. The third kappa shape index (κ3) is 2.29. The topological polar surface area (TPSA) is 40.9 Å². The van der Waals surface area contributed by atoms with Crippen LogP contribution in [0.4, 0.5) is 0 Å². The van der Waals surface area contributed by atoms with Crippen molar-refractivity contribution in [1.29, 1.82) is 5.26 Å². The molecule has 0 aromatic rings. The molecule has 0 saturated carbocycles. The first-order chi connectivity index (χ1) is 6.29. The SMILES string of the molecule is CCCCC1=CCC=C(C#N)C1=O. The van der Waals surface area contributed by atoms with E-state index in [-0.39, 0.29) is 5.78 Å². The quantitative estimate of drug-likeness (QED) is 0.661. The molecule has 2 heteroatoms. The first kappa shape index (κ1) is 9.73. The number of hydrogen-bond donors (Lipinski definition) is 0. The van der Waals surface area contributed by atoms with Gasteiger partial charge in [-0.15, -0.1) is 0 Å². The number of carbonyl (C=O) groups is 1. The van der Waals surface area contributed by atoms with E-state index in [1.165, 1.54) is 0 Å². The van der Waals surface area contributed by atoms with Crippen molar-refractivity contribution in [2.45, 2.75) is 32.6 Å². The molecule has 0 radical (unpaired) electrons. The Morgan fingerprint density at radius 3 is 2.92 bits per heavy atom. The lowest BCUT2D eigenvalue weighted by Gasteiger charge is -2.08. The summed E-state index contributed by atoms with van der Waals surface area (Å²) in [4.78, 5) is 11.5. The van der Waals surface area contributed by atoms with Gasteiger partial charge in [0.05, 0.1) is 5.57 Å². The first-order valence-electron chi connectivity index (χ1n) is 4.63. The summed E-state index contributed by atoms with van der Waals surface area (Å²) in [6.07, 6.45) is 7.27. The molecule has 0 saturated heterocycles. The highest BCUT2D eigenvalue weighted by Gasteiger charge is 2.16. The van der Waals surface area contributed by atoms with Gasteiger partial charge in [-0.25, -0.2) is 0 Å². The molecule has 1 aliphatic carbocycles. The molecule has 1 rings (SSSR count). The number of unbranched alkanes of at least 4 members (excludes halogenated alkanes) is 1. The van der Waals surface area contributed by atoms with Gasteiger partial charge in [0.25, 0.3) is 0 Å². The summed E-state index contributed by atoms with van der Waals surface area (Å²) in [5, 5.41) is 8.64. The normalized spacial score (nSPS) is 16.2. The molecule has 2 nitrogen and oxygen atoms in total. The van der Waals surface area contributed by atoms with E-state index in [1.54, 1.807) is 6.08 Å². The van der Waals surface area contributed by atoms with Gasteiger partial charge in [0.15, 0.2) is 5.78 Å². The van der Waals surface area contributed by atoms with Crippen LogP contribution < -0.4 is 0 Å². The highest BCUT2D eigenvalue weighted by molar-refractivity contribution is 6.11. The Morgan fingerprint density at radius 1 is 1.54 bits per heavy atom. The van der Waals surface area contributed by atoms with Gasteiger partial charge in [-0.05, 0) is 24.8 Å². The minimum absolute atomic E-state index is 0.0674. The predicted molar refractivity (Wildman–Crippen MR) is 50.9 cm³/mol. The molecular formula is C11H13NO. The third-order valence-electron chi connectivity index (χ3n) is 2.14. The van der Waals surface area contributed by atoms with E-state index < -0.39 is 0 Å². The van der Waals surface area contributed by atoms with E-state index >= 15 is 0 Å². The van der Waals surface area contributed by atoms with Crippen molar-refractivity contribution >= 4 is 5.78 Å². The van der Waals surface area contributed by atoms with Crippen LogP contribution in [0.1, 0.15) is 32.6 Å². The number of hydrogen-bond acceptors (Lipinski definition) is 2. The Kier molecular flexibility index (Phi) is 3.45. The lowest BCUT2D eigenvalue weighted by molar-refractivity contribution is -0.112. The van der Waals surface area contributed by atoms with Crippen molar-refractivity contribution in [2.75, 3.05) is 0 Å². The molecule has 68 valence electrons. The maximum Gasteiger partial charge on any atom is 0.198 e. The maximum atomic E-state index is 11.5. The van der Waals surface area contributed by atoms with Crippen molar-refractivity contribution in [3.63, 3.8) is 0 Å². The van der Waals surface area contributed by atoms with Crippen molar-refractivity contribution in [2.24, 2.45) is 0 Å². The van der Waals surface area contributed by atoms with Crippen LogP contribution in [0, 0.1) is 11.3 Å². The van der Waals surface area contributed by atoms with Crippen LogP contribution in [-0.4, -0.2) is 5.78 Å². The zero-order chi connectivity index (χ0) is 9.68. The molecule has 1 aliphatic rings. The van der Waals surface area contributed by atoms with Gasteiger partial charge < -0.3 is 0 Å². The van der Waals surface area contributed by atoms with Gasteiger partial charge in [-0.1, -0.05) is 25.5 Å². The highest BCUT2D eigenvalue weighted by Crippen LogP contribution is 2.18. The fourth-order valence-corrected chi connectivity index (χ4v) is 1.36. The lowest BCUT2D eigenvalue weighted by Crippen LogP contribution is -2.08. The Bertz CT molecular complexity index is 305. The second kappa shape index (κ2) is 4.61. The van der Waals surface area contributed by atoms with E-state index in [9.17, 15) is 4.79 Å². The minimum Gasteiger partial charge on any atom is -0.288 e. The average Bonchev–Trinajstić information content (AvgIpc) is 2.16. The molecule has 0 fully saturated rings. The van der Waals surface area contributed by atoms with E-state index in [2.05, 4.69) is 6.92 Å². The number of ketones is 1. The molecule has 0 aliphatic heterocycles. The van der Waals surface area contributed by atoms with Crippen molar-refractivity contribution in [1.82, 2.24) is 0 Å². The van der Waals surface area contributed by atoms with E-state index in [1.807, 2.05) is 12.1 Å². The fourth-order valence-electron chi connectivity index (χ4n) is 1.36. The highest BCUT2D eigenvalue weighted by atomic mass is 16.1. The summed E-state index contributed by atoms with van der Waals surface area (Å²) in [6.45, 7) is 2.09. The second-order valence-electron chi connectivity index (χ2n) is 3.13. The van der Waals surface area contributed by atoms with Crippen LogP contribution in [0.15, 0.2) is 23.3 Å². The van der Waals surface area contributed by atoms with Crippen LogP contribution in [0.25, 0.3) is 0 Å². The van der Waals surface area contributed by atoms with Crippen molar-refractivity contribution < 1.29 is 4.79 Å². The zero-order valence-electron chi connectivity index (χ0n) is 7.84. The van der Waals surface area contributed by atoms with Crippen LogP contribution in [0.2, 0.25) is 0 Å². The van der Waals surface area contributed by atoms with Gasteiger partial charge in [0.2, 0.25) is 0 Å². The second-order valence-corrected chi connectivity index (χ2v) is 3.13. The third-order valence-corrected chi connectivity index (χ3v) is 2.14. The van der Waals surface area contributed by atoms with Gasteiger partial charge in [0, 0.05) is 0 Å². The molecule has 0 heterocycles. The molecule has 13 heavy (non-hydrogen) atoms. The molecule has 0 spiro atoms. The average molecular weight is 175 g/mol. The largest absolute Gasteiger partial charge is 0.288 e. The van der Waals surface area contributed by atoms with E-state index in [0.717, 1.165) is 31.3 Å². The van der Waals surface area contributed by atoms with Crippen molar-refractivity contribution in [3.05, 3.63) is 23.3 Å². The summed E-state index contributed by atoms with van der Waals surface area (Å²) in [6, 6.07) is 1.93. The summed E-state index contributed by atoms with van der Waals surface area (Å²) in [5.74, 6) is -0.0674. The molecule has 0 atom stereocenters. The molecule has 0 aromatic heterocycles. The standard InChI is InChI=1S/C11H13NO/c1-2-3-5-9-6-4-7-10(8-12)11(9)13/h6-7H,2-5H2,1H3. The summed E-state index contributed by atoms with van der Waals surface area (Å²) < 4.78 is 0. The van der Waals surface area contributed by atoms with Gasteiger partial charge in [-0.3, -0.25) is 4.79 Å². The van der Waals surface area contributed by atoms with Crippen LogP contribution in [0.3, 0.4) is 0 Å². The molecule has 0 amide bonds. The van der Waals surface area contributed by atoms with Gasteiger partial charge in [0.1, 0.15) is 6.07 Å². The Hall–Kier alpha value is -1.36. The number of nitrogens with zero attached hydrogens (tertiary/aromatic N) is 1. The number of nitriles is 1. The maximum absolute atomic E-state index is 11.5. The monoisotopic (exact) mass is 175 g/mol. The van der Waals surface area contributed by atoms with E-state index in [4.69, 9.17) is 5.26 Å². The minimum atomic E-state index is -0.0674. The summed E-state index contributed by atoms with van der Waals surface area (Å²) in [7, 11) is 0. The summed E-state index contributed by atoms with van der Waals surface area (Å²) >= 11 is 0. The van der Waals surface area contributed by atoms with Gasteiger partial charge in [-0.2, -0.15) is 5.26 Å². The Morgan fingerprint density at radius 2 is 2.31 bits per heavy atom. The number of Topliss-reactive ketones (excluding diaryl/α,β-unsaturated/α-hetero) is 1. The zero-order valence-corrected chi connectivity index (χ0v) is 7.84. The van der Waals surface area contributed by atoms with Crippen molar-refractivity contribution in [3.8, 4) is 6.07 Å². The molecule has 0 unspecified atom stereocenters. The first-order valence-corrected chi connectivity index (χ1v) is 4.63. The smallest absolute Gasteiger partial charge is 0.198 e. The van der Waals surface area contributed by atoms with Crippen LogP contribution in [-0.2, 0) is 4.79 Å². The van der Waals surface area contributed by atoms with E-state index in [0.29, 0.717) is 5.57 Å². The Labute approximate surface area is 78.6 Å². The van der Waals surface area contributed by atoms with Gasteiger partial charge >= 0.3 is 0 Å². The molecule has 0 N–H and O–H groups in total. The Balaban J connectivity index is 2.64. The number of allylic oxidation sites excluding steroid dienone is 4. The van der Waals surface area contributed by atoms with Crippen LogP contribution in [0.5, 0.6) is 0 Å². The number of rotatable bonds is 3. The predicted octanol–water partition coefficient (Wildman–Crippen LogP) is 2.53. The molecular weight excluding hydrogens is 162 g/mol. The molecule has 0 bridgehead atoms. The number of carbonyl (C=O) groups excluding carboxylic acids is 1. The lowest BCUT2D eigenvalue weighted by atomic mass is 9.94. The summed E-state index contributed by atoms with van der Waals surface area (Å²) in [5.41, 5.74) is 1.13.